The molecule has 0 saturated carbocycles. The number of benzene rings is 1. The average Bonchev–Trinajstić information content (AvgIpc) is 2.17. The van der Waals surface area contributed by atoms with E-state index in [9.17, 15) is 4.79 Å². The van der Waals surface area contributed by atoms with E-state index < -0.39 is 0 Å². The maximum Gasteiger partial charge on any atom is 0.188 e. The molecule has 1 rings (SSSR count). The van der Waals surface area contributed by atoms with Gasteiger partial charge >= 0.3 is 0 Å². The molecule has 88 valence electrons. The van der Waals surface area contributed by atoms with Crippen LogP contribution < -0.4 is 0 Å². The zero-order valence-corrected chi connectivity index (χ0v) is 10.8. The van der Waals surface area contributed by atoms with Crippen molar-refractivity contribution in [3.8, 4) is 0 Å². The van der Waals surface area contributed by atoms with Crippen molar-refractivity contribution in [1.29, 1.82) is 0 Å². The Bertz CT molecular complexity index is 386. The largest absolute Gasteiger partial charge is 0.368 e. The number of hydrogen-bond acceptors (Lipinski definition) is 2. The molecule has 1 aromatic rings. The Morgan fingerprint density at radius 2 is 1.88 bits per heavy atom. The molecule has 16 heavy (non-hydrogen) atoms. The van der Waals surface area contributed by atoms with Gasteiger partial charge in [-0.05, 0) is 46.2 Å². The van der Waals surface area contributed by atoms with Crippen LogP contribution in [0.5, 0.6) is 0 Å². The Kier molecular flexibility index (Phi) is 3.87. The van der Waals surface area contributed by atoms with Gasteiger partial charge in [-0.1, -0.05) is 17.7 Å². The Balaban J connectivity index is 2.77. The highest BCUT2D eigenvalue weighted by Gasteiger charge is 2.15. The molecule has 2 heteroatoms. The molecule has 0 bridgehead atoms. The van der Waals surface area contributed by atoms with Gasteiger partial charge in [-0.15, -0.1) is 0 Å². The molecular weight excluding hydrogens is 200 g/mol. The second-order valence-electron chi connectivity index (χ2n) is 5.14. The predicted octanol–water partition coefficient (Wildman–Crippen LogP) is 3.30. The van der Waals surface area contributed by atoms with Crippen LogP contribution in [0.1, 0.15) is 42.3 Å². The van der Waals surface area contributed by atoms with Gasteiger partial charge in [0.15, 0.2) is 5.78 Å². The Hall–Kier alpha value is -1.15. The number of ether oxygens (including phenoxy) is 1. The lowest BCUT2D eigenvalue weighted by Gasteiger charge is -2.19. The zero-order chi connectivity index (χ0) is 12.3. The van der Waals surface area contributed by atoms with Gasteiger partial charge < -0.3 is 4.74 Å². The third-order valence-corrected chi connectivity index (χ3v) is 2.33. The van der Waals surface area contributed by atoms with Crippen molar-refractivity contribution in [2.75, 3.05) is 6.61 Å². The molecule has 0 atom stereocenters. The van der Waals surface area contributed by atoms with Crippen LogP contribution in [0, 0.1) is 13.8 Å². The monoisotopic (exact) mass is 220 g/mol. The van der Waals surface area contributed by atoms with Gasteiger partial charge in [-0.25, -0.2) is 0 Å². The summed E-state index contributed by atoms with van der Waals surface area (Å²) in [6, 6.07) is 5.90. The van der Waals surface area contributed by atoms with Crippen LogP contribution >= 0.6 is 0 Å². The highest BCUT2D eigenvalue weighted by atomic mass is 16.5. The fourth-order valence-corrected chi connectivity index (χ4v) is 1.40. The maximum atomic E-state index is 11.9. The van der Waals surface area contributed by atoms with Crippen molar-refractivity contribution in [3.63, 3.8) is 0 Å². The predicted molar refractivity (Wildman–Crippen MR) is 66.0 cm³/mol. The topological polar surface area (TPSA) is 26.3 Å². The molecule has 1 aromatic carbocycles. The molecule has 2 nitrogen and oxygen atoms in total. The van der Waals surface area contributed by atoms with Crippen LogP contribution in [0.25, 0.3) is 0 Å². The molecule has 0 heterocycles. The zero-order valence-electron chi connectivity index (χ0n) is 10.8. The molecule has 0 aliphatic rings. The Morgan fingerprint density at radius 1 is 1.25 bits per heavy atom. The summed E-state index contributed by atoms with van der Waals surface area (Å²) in [4.78, 5) is 11.9. The SMILES string of the molecule is Cc1ccc(C)c(C(=O)COC(C)(C)C)c1. The molecule has 0 aromatic heterocycles. The quantitative estimate of drug-likeness (QED) is 0.730. The molecule has 0 unspecified atom stereocenters. The number of rotatable bonds is 3. The van der Waals surface area contributed by atoms with Crippen LogP contribution in [-0.2, 0) is 4.74 Å². The summed E-state index contributed by atoms with van der Waals surface area (Å²) in [5.41, 5.74) is 2.61. The normalized spacial score (nSPS) is 11.6. The van der Waals surface area contributed by atoms with E-state index in [0.717, 1.165) is 16.7 Å². The van der Waals surface area contributed by atoms with E-state index in [1.54, 1.807) is 0 Å². The fraction of sp³-hybridized carbons (Fsp3) is 0.500. The van der Waals surface area contributed by atoms with Crippen LogP contribution in [0.3, 0.4) is 0 Å². The third-order valence-electron chi connectivity index (χ3n) is 2.33. The number of hydrogen-bond donors (Lipinski definition) is 0. The fourth-order valence-electron chi connectivity index (χ4n) is 1.40. The van der Waals surface area contributed by atoms with E-state index in [-0.39, 0.29) is 18.0 Å². The van der Waals surface area contributed by atoms with Gasteiger partial charge in [-0.3, -0.25) is 4.79 Å². The molecule has 0 spiro atoms. The van der Waals surface area contributed by atoms with Crippen molar-refractivity contribution < 1.29 is 9.53 Å². The minimum atomic E-state index is -0.270. The molecule has 0 aliphatic heterocycles. The molecule has 0 saturated heterocycles. The van der Waals surface area contributed by atoms with E-state index in [4.69, 9.17) is 4.74 Å². The summed E-state index contributed by atoms with van der Waals surface area (Å²) in [6.07, 6.45) is 0. The first-order valence-corrected chi connectivity index (χ1v) is 5.54. The number of Topliss-reactive ketones (excluding diaryl/α,β-unsaturated/α-hetero) is 1. The molecule has 0 aliphatic carbocycles. The van der Waals surface area contributed by atoms with Crippen LogP contribution in [0.2, 0.25) is 0 Å². The summed E-state index contributed by atoms with van der Waals surface area (Å²) in [5, 5.41) is 0. The minimum Gasteiger partial charge on any atom is -0.368 e. The first-order chi connectivity index (χ1) is 7.29. The first-order valence-electron chi connectivity index (χ1n) is 5.54. The van der Waals surface area contributed by atoms with E-state index in [0.29, 0.717) is 0 Å². The molecule has 0 N–H and O–H groups in total. The number of aryl methyl sites for hydroxylation is 2. The standard InChI is InChI=1S/C14H20O2/c1-10-6-7-11(2)12(8-10)13(15)9-16-14(3,4)5/h6-8H,9H2,1-5H3. The summed E-state index contributed by atoms with van der Waals surface area (Å²) >= 11 is 0. The van der Waals surface area contributed by atoms with Crippen molar-refractivity contribution in [2.24, 2.45) is 0 Å². The summed E-state index contributed by atoms with van der Waals surface area (Å²) in [7, 11) is 0. The van der Waals surface area contributed by atoms with Crippen molar-refractivity contribution in [1.82, 2.24) is 0 Å². The first kappa shape index (κ1) is 12.9. The van der Waals surface area contributed by atoms with Crippen LogP contribution in [0.15, 0.2) is 18.2 Å². The Morgan fingerprint density at radius 3 is 2.44 bits per heavy atom. The number of carbonyl (C=O) groups excluding carboxylic acids is 1. The lowest BCUT2D eigenvalue weighted by atomic mass is 10.0. The van der Waals surface area contributed by atoms with Gasteiger partial charge in [0.2, 0.25) is 0 Å². The molecule has 0 radical (unpaired) electrons. The lowest BCUT2D eigenvalue weighted by molar-refractivity contribution is 0.00303. The number of ketones is 1. The van der Waals surface area contributed by atoms with E-state index in [1.807, 2.05) is 52.8 Å². The van der Waals surface area contributed by atoms with Crippen molar-refractivity contribution in [3.05, 3.63) is 34.9 Å². The minimum absolute atomic E-state index is 0.0520. The van der Waals surface area contributed by atoms with E-state index >= 15 is 0 Å². The van der Waals surface area contributed by atoms with Crippen molar-refractivity contribution >= 4 is 5.78 Å². The summed E-state index contributed by atoms with van der Waals surface area (Å²) in [6.45, 7) is 9.93. The van der Waals surface area contributed by atoms with Gasteiger partial charge in [0, 0.05) is 5.56 Å². The highest BCUT2D eigenvalue weighted by molar-refractivity contribution is 5.98. The average molecular weight is 220 g/mol. The Labute approximate surface area is 97.6 Å². The summed E-state index contributed by atoms with van der Waals surface area (Å²) < 4.78 is 5.49. The van der Waals surface area contributed by atoms with Gasteiger partial charge in [0.1, 0.15) is 6.61 Å². The molecular formula is C14H20O2. The second kappa shape index (κ2) is 4.79. The molecule has 0 fully saturated rings. The second-order valence-corrected chi connectivity index (χ2v) is 5.14. The summed E-state index contributed by atoms with van der Waals surface area (Å²) in [5.74, 6) is 0.0520. The van der Waals surface area contributed by atoms with Gasteiger partial charge in [-0.2, -0.15) is 0 Å². The lowest BCUT2D eigenvalue weighted by Crippen LogP contribution is -2.24. The smallest absolute Gasteiger partial charge is 0.188 e. The molecule has 0 amide bonds. The maximum absolute atomic E-state index is 11.9. The number of carbonyl (C=O) groups is 1. The van der Waals surface area contributed by atoms with Gasteiger partial charge in [0.05, 0.1) is 5.60 Å². The van der Waals surface area contributed by atoms with E-state index in [1.165, 1.54) is 0 Å². The van der Waals surface area contributed by atoms with Crippen LogP contribution in [0.4, 0.5) is 0 Å². The van der Waals surface area contributed by atoms with Crippen LogP contribution in [-0.4, -0.2) is 18.0 Å². The van der Waals surface area contributed by atoms with Gasteiger partial charge in [0.25, 0.3) is 0 Å². The van der Waals surface area contributed by atoms with E-state index in [2.05, 4.69) is 0 Å². The highest BCUT2D eigenvalue weighted by Crippen LogP contribution is 2.13. The third kappa shape index (κ3) is 3.78. The van der Waals surface area contributed by atoms with Crippen molar-refractivity contribution in [2.45, 2.75) is 40.2 Å².